The minimum Gasteiger partial charge on any atom is -0.497 e. The van der Waals surface area contributed by atoms with Crippen LogP contribution in [-0.2, 0) is 0 Å². The highest BCUT2D eigenvalue weighted by molar-refractivity contribution is 6.20. The Bertz CT molecular complexity index is 963. The first kappa shape index (κ1) is 13.6. The van der Waals surface area contributed by atoms with Crippen molar-refractivity contribution in [3.05, 3.63) is 53.6 Å². The van der Waals surface area contributed by atoms with Crippen molar-refractivity contribution in [2.24, 2.45) is 0 Å². The molecule has 1 heterocycles. The smallest absolute Gasteiger partial charge is 0.186 e. The van der Waals surface area contributed by atoms with Crippen LogP contribution in [0.2, 0.25) is 0 Å². The summed E-state index contributed by atoms with van der Waals surface area (Å²) in [4.78, 5) is 12.1. The van der Waals surface area contributed by atoms with E-state index in [2.05, 4.69) is 0 Å². The fraction of sp³-hybridized carbons (Fsp3) is 0.105. The zero-order valence-corrected chi connectivity index (χ0v) is 12.8. The Kier molecular flexibility index (Phi) is 2.98. The van der Waals surface area contributed by atoms with E-state index in [0.717, 1.165) is 16.5 Å². The topological polar surface area (TPSA) is 48.7 Å². The highest BCUT2D eigenvalue weighted by atomic mass is 16.5. The Morgan fingerprint density at radius 1 is 0.957 bits per heavy atom. The molecular formula is C19H14O4. The number of methoxy groups -OCH3 is 2. The summed E-state index contributed by atoms with van der Waals surface area (Å²) in [5.41, 5.74) is 3.09. The summed E-state index contributed by atoms with van der Waals surface area (Å²) in [7, 11) is 3.22. The maximum Gasteiger partial charge on any atom is 0.186 e. The van der Waals surface area contributed by atoms with Crippen LogP contribution in [0.1, 0.15) is 15.9 Å². The van der Waals surface area contributed by atoms with Crippen LogP contribution >= 0.6 is 0 Å². The van der Waals surface area contributed by atoms with Gasteiger partial charge in [0, 0.05) is 22.6 Å². The number of benzene rings is 2. The third-order valence-corrected chi connectivity index (χ3v) is 4.07. The molecular weight excluding hydrogens is 292 g/mol. The molecule has 2 aromatic carbocycles. The van der Waals surface area contributed by atoms with Gasteiger partial charge in [-0.05, 0) is 30.4 Å². The van der Waals surface area contributed by atoms with Crippen LogP contribution in [0.4, 0.5) is 0 Å². The summed E-state index contributed by atoms with van der Waals surface area (Å²) >= 11 is 0. The maximum atomic E-state index is 12.1. The largest absolute Gasteiger partial charge is 0.497 e. The second-order valence-corrected chi connectivity index (χ2v) is 5.29. The predicted octanol–water partition coefficient (Wildman–Crippen LogP) is 4.33. The molecule has 0 saturated carbocycles. The number of hydrogen-bond acceptors (Lipinski definition) is 4. The van der Waals surface area contributed by atoms with E-state index in [0.29, 0.717) is 28.4 Å². The first-order valence-electron chi connectivity index (χ1n) is 7.23. The van der Waals surface area contributed by atoms with Crippen molar-refractivity contribution in [1.82, 2.24) is 0 Å². The Morgan fingerprint density at radius 3 is 2.61 bits per heavy atom. The van der Waals surface area contributed by atoms with Crippen molar-refractivity contribution in [3.63, 3.8) is 0 Å². The molecule has 1 aromatic heterocycles. The highest BCUT2D eigenvalue weighted by Crippen LogP contribution is 2.42. The van der Waals surface area contributed by atoms with Crippen LogP contribution in [-0.4, -0.2) is 20.0 Å². The molecule has 0 spiro atoms. The number of furan rings is 1. The molecule has 1 aliphatic rings. The third-order valence-electron chi connectivity index (χ3n) is 4.07. The number of ether oxygens (including phenoxy) is 2. The molecule has 4 rings (SSSR count). The van der Waals surface area contributed by atoms with E-state index in [9.17, 15) is 4.79 Å². The van der Waals surface area contributed by atoms with E-state index >= 15 is 0 Å². The Morgan fingerprint density at radius 2 is 1.83 bits per heavy atom. The number of hydrogen-bond donors (Lipinski definition) is 0. The number of carbonyl (C=O) groups is 1. The first-order valence-corrected chi connectivity index (χ1v) is 7.23. The second kappa shape index (κ2) is 5.02. The van der Waals surface area contributed by atoms with Gasteiger partial charge in [0.25, 0.3) is 0 Å². The molecule has 0 amide bonds. The molecule has 3 aromatic rings. The standard InChI is InChI=1S/C19H14O4/c1-21-11-6-7-13(17(10-11)22-2)19-14-8-9-15(20)12-4-3-5-16(23-19)18(12)14/h3-10H,1-2H3. The van der Waals surface area contributed by atoms with E-state index in [-0.39, 0.29) is 5.78 Å². The molecule has 23 heavy (non-hydrogen) atoms. The fourth-order valence-electron chi connectivity index (χ4n) is 2.97. The van der Waals surface area contributed by atoms with Gasteiger partial charge in [-0.3, -0.25) is 4.79 Å². The van der Waals surface area contributed by atoms with Crippen molar-refractivity contribution in [1.29, 1.82) is 0 Å². The minimum atomic E-state index is -0.00264. The van der Waals surface area contributed by atoms with E-state index in [4.69, 9.17) is 13.9 Å². The molecule has 0 saturated heterocycles. The normalized spacial score (nSPS) is 12.7. The zero-order chi connectivity index (χ0) is 16.0. The van der Waals surface area contributed by atoms with Crippen molar-refractivity contribution in [3.8, 4) is 22.8 Å². The molecule has 114 valence electrons. The van der Waals surface area contributed by atoms with Crippen LogP contribution in [0.3, 0.4) is 0 Å². The van der Waals surface area contributed by atoms with Crippen LogP contribution in [0.5, 0.6) is 11.5 Å². The number of carbonyl (C=O) groups excluding carboxylic acids is 1. The Balaban J connectivity index is 2.02. The van der Waals surface area contributed by atoms with Gasteiger partial charge in [-0.15, -0.1) is 0 Å². The summed E-state index contributed by atoms with van der Waals surface area (Å²) in [6, 6.07) is 11.1. The number of rotatable bonds is 3. The molecule has 0 bridgehead atoms. The van der Waals surface area contributed by atoms with Gasteiger partial charge >= 0.3 is 0 Å². The van der Waals surface area contributed by atoms with E-state index in [1.54, 1.807) is 26.4 Å². The molecule has 4 heteroatoms. The molecule has 0 atom stereocenters. The van der Waals surface area contributed by atoms with Crippen LogP contribution in [0.15, 0.2) is 46.9 Å². The lowest BCUT2D eigenvalue weighted by Gasteiger charge is -2.10. The van der Waals surface area contributed by atoms with Crippen molar-refractivity contribution >= 4 is 22.8 Å². The Hall–Kier alpha value is -3.01. The molecule has 0 N–H and O–H groups in total. The molecule has 4 nitrogen and oxygen atoms in total. The summed E-state index contributed by atoms with van der Waals surface area (Å²) in [6.07, 6.45) is 3.38. The van der Waals surface area contributed by atoms with E-state index in [1.807, 2.05) is 36.4 Å². The predicted molar refractivity (Wildman–Crippen MR) is 88.1 cm³/mol. The van der Waals surface area contributed by atoms with E-state index in [1.165, 1.54) is 0 Å². The third kappa shape index (κ3) is 1.95. The van der Waals surface area contributed by atoms with Gasteiger partial charge in [0.05, 0.1) is 19.8 Å². The van der Waals surface area contributed by atoms with E-state index < -0.39 is 0 Å². The van der Waals surface area contributed by atoms with Gasteiger partial charge < -0.3 is 13.9 Å². The van der Waals surface area contributed by atoms with Crippen molar-refractivity contribution < 1.29 is 18.7 Å². The van der Waals surface area contributed by atoms with Crippen molar-refractivity contribution in [2.75, 3.05) is 14.2 Å². The minimum absolute atomic E-state index is 0.00264. The average Bonchev–Trinajstić information content (AvgIpc) is 2.97. The fourth-order valence-corrected chi connectivity index (χ4v) is 2.97. The van der Waals surface area contributed by atoms with Crippen LogP contribution < -0.4 is 9.47 Å². The summed E-state index contributed by atoms with van der Waals surface area (Å²) in [5.74, 6) is 2.06. The van der Waals surface area contributed by atoms with Crippen LogP contribution in [0.25, 0.3) is 28.4 Å². The lowest BCUT2D eigenvalue weighted by Crippen LogP contribution is -1.99. The molecule has 1 aliphatic carbocycles. The average molecular weight is 306 g/mol. The molecule has 0 aliphatic heterocycles. The number of ketones is 1. The van der Waals surface area contributed by atoms with Gasteiger partial charge in [0.15, 0.2) is 5.78 Å². The summed E-state index contributed by atoms with van der Waals surface area (Å²) in [6.45, 7) is 0. The molecule has 0 fully saturated rings. The monoisotopic (exact) mass is 306 g/mol. The molecule has 0 unspecified atom stereocenters. The molecule has 0 radical (unpaired) electrons. The second-order valence-electron chi connectivity index (χ2n) is 5.29. The van der Waals surface area contributed by atoms with Gasteiger partial charge in [-0.25, -0.2) is 0 Å². The highest BCUT2D eigenvalue weighted by Gasteiger charge is 2.24. The zero-order valence-electron chi connectivity index (χ0n) is 12.8. The first-order chi connectivity index (χ1) is 11.2. The summed E-state index contributed by atoms with van der Waals surface area (Å²) in [5, 5.41) is 0.855. The van der Waals surface area contributed by atoms with Crippen molar-refractivity contribution in [2.45, 2.75) is 0 Å². The van der Waals surface area contributed by atoms with Gasteiger partial charge in [-0.2, -0.15) is 0 Å². The quantitative estimate of drug-likeness (QED) is 0.723. The lowest BCUT2D eigenvalue weighted by molar-refractivity contribution is 0.104. The van der Waals surface area contributed by atoms with Gasteiger partial charge in [0.1, 0.15) is 22.8 Å². The van der Waals surface area contributed by atoms with Gasteiger partial charge in [-0.1, -0.05) is 12.1 Å². The summed E-state index contributed by atoms with van der Waals surface area (Å²) < 4.78 is 16.8. The van der Waals surface area contributed by atoms with Gasteiger partial charge in [0.2, 0.25) is 0 Å². The maximum absolute atomic E-state index is 12.1. The SMILES string of the molecule is COc1ccc(-c2oc3cccc4c3c2C=CC4=O)c(OC)c1. The Labute approximate surface area is 132 Å². The van der Waals surface area contributed by atoms with Crippen LogP contribution in [0, 0.1) is 0 Å². The lowest BCUT2D eigenvalue weighted by atomic mass is 9.94. The number of allylic oxidation sites excluding steroid dienone is 1.